The van der Waals surface area contributed by atoms with E-state index in [0.29, 0.717) is 53.8 Å². The number of rotatable bonds is 6. The number of fused-ring (bicyclic) bond motifs is 1. The number of hydrogen-bond donors (Lipinski definition) is 0. The number of ether oxygens (including phenoxy) is 1. The monoisotopic (exact) mass is 568 g/mol. The molecular weight excluding hydrogens is 536 g/mol. The molecular formula is C31H32N6O3S. The van der Waals surface area contributed by atoms with Crippen molar-refractivity contribution in [1.82, 2.24) is 24.1 Å². The Morgan fingerprint density at radius 1 is 0.976 bits per heavy atom. The molecule has 0 saturated carbocycles. The number of anilines is 1. The van der Waals surface area contributed by atoms with Crippen molar-refractivity contribution in [3.05, 3.63) is 93.0 Å². The van der Waals surface area contributed by atoms with Crippen LogP contribution < -0.4 is 15.2 Å². The lowest BCUT2D eigenvalue weighted by atomic mass is 10.1. The average Bonchev–Trinajstić information content (AvgIpc) is 3.56. The smallest absolute Gasteiger partial charge is 0.268 e. The van der Waals surface area contributed by atoms with Crippen LogP contribution in [0.3, 0.4) is 0 Å². The van der Waals surface area contributed by atoms with E-state index in [4.69, 9.17) is 14.8 Å². The van der Waals surface area contributed by atoms with Crippen molar-refractivity contribution in [3.63, 3.8) is 0 Å². The summed E-state index contributed by atoms with van der Waals surface area (Å²) in [6.45, 7) is 8.48. The highest BCUT2D eigenvalue weighted by atomic mass is 32.1. The van der Waals surface area contributed by atoms with Gasteiger partial charge in [-0.3, -0.25) is 14.0 Å². The zero-order valence-corrected chi connectivity index (χ0v) is 24.4. The van der Waals surface area contributed by atoms with E-state index in [9.17, 15) is 9.59 Å². The fraction of sp³-hybridized carbons (Fsp3) is 0.290. The molecule has 1 aliphatic rings. The first kappa shape index (κ1) is 26.8. The van der Waals surface area contributed by atoms with Gasteiger partial charge in [-0.05, 0) is 50.6 Å². The summed E-state index contributed by atoms with van der Waals surface area (Å²) in [4.78, 5) is 36.7. The molecule has 0 unspecified atom stereocenters. The number of carbonyl (C=O) groups is 1. The maximum atomic E-state index is 13.9. The second-order valence-electron chi connectivity index (χ2n) is 10.3. The SMILES string of the molecule is COc1ccccc1N1CCN(C(=O)Cc2csc3nc(C)c(-c4cc(C)n(-c5ccccc5C)n4)c(=O)n23)CC1. The zero-order chi connectivity index (χ0) is 28.7. The molecule has 41 heavy (non-hydrogen) atoms. The van der Waals surface area contributed by atoms with Crippen molar-refractivity contribution in [3.8, 4) is 22.7 Å². The molecule has 10 heteroatoms. The predicted molar refractivity (Wildman–Crippen MR) is 162 cm³/mol. The molecule has 6 rings (SSSR count). The van der Waals surface area contributed by atoms with E-state index >= 15 is 0 Å². The summed E-state index contributed by atoms with van der Waals surface area (Å²) in [5.41, 5.74) is 6.11. The van der Waals surface area contributed by atoms with Gasteiger partial charge in [0, 0.05) is 42.9 Å². The number of para-hydroxylation sites is 3. The summed E-state index contributed by atoms with van der Waals surface area (Å²) in [5.74, 6) is 0.826. The molecule has 1 saturated heterocycles. The van der Waals surface area contributed by atoms with E-state index in [1.54, 1.807) is 11.5 Å². The number of methoxy groups -OCH3 is 1. The van der Waals surface area contributed by atoms with Gasteiger partial charge in [0.1, 0.15) is 11.4 Å². The lowest BCUT2D eigenvalue weighted by molar-refractivity contribution is -0.130. The third-order valence-electron chi connectivity index (χ3n) is 7.70. The van der Waals surface area contributed by atoms with Gasteiger partial charge in [-0.1, -0.05) is 30.3 Å². The Morgan fingerprint density at radius 3 is 2.41 bits per heavy atom. The van der Waals surface area contributed by atoms with Gasteiger partial charge in [-0.15, -0.1) is 11.3 Å². The lowest BCUT2D eigenvalue weighted by Crippen LogP contribution is -2.49. The molecule has 1 amide bonds. The minimum absolute atomic E-state index is 0.00178. The number of piperazine rings is 1. The van der Waals surface area contributed by atoms with Crippen molar-refractivity contribution in [1.29, 1.82) is 0 Å². The molecule has 3 aromatic heterocycles. The minimum atomic E-state index is -0.202. The van der Waals surface area contributed by atoms with E-state index in [1.165, 1.54) is 11.3 Å². The van der Waals surface area contributed by atoms with Gasteiger partial charge in [-0.25, -0.2) is 9.67 Å². The van der Waals surface area contributed by atoms with Gasteiger partial charge in [0.15, 0.2) is 4.96 Å². The van der Waals surface area contributed by atoms with Crippen LogP contribution in [0, 0.1) is 20.8 Å². The molecule has 4 heterocycles. The van der Waals surface area contributed by atoms with E-state index in [2.05, 4.69) is 4.90 Å². The Hall–Kier alpha value is -4.44. The van der Waals surface area contributed by atoms with Crippen molar-refractivity contribution in [2.24, 2.45) is 0 Å². The van der Waals surface area contributed by atoms with Crippen LogP contribution >= 0.6 is 11.3 Å². The van der Waals surface area contributed by atoms with Crippen LogP contribution in [0.15, 0.2) is 64.8 Å². The molecule has 9 nitrogen and oxygen atoms in total. The van der Waals surface area contributed by atoms with Crippen molar-refractivity contribution < 1.29 is 9.53 Å². The second-order valence-corrected chi connectivity index (χ2v) is 11.1. The zero-order valence-electron chi connectivity index (χ0n) is 23.6. The van der Waals surface area contributed by atoms with E-state index in [-0.39, 0.29) is 17.9 Å². The third-order valence-corrected chi connectivity index (χ3v) is 8.57. The van der Waals surface area contributed by atoms with Gasteiger partial charge in [0.05, 0.1) is 36.2 Å². The maximum absolute atomic E-state index is 13.9. The highest BCUT2D eigenvalue weighted by Gasteiger charge is 2.25. The van der Waals surface area contributed by atoms with Crippen LogP contribution in [0.5, 0.6) is 5.75 Å². The number of hydrogen-bond acceptors (Lipinski definition) is 7. The molecule has 0 atom stereocenters. The lowest BCUT2D eigenvalue weighted by Gasteiger charge is -2.36. The number of amides is 1. The summed E-state index contributed by atoms with van der Waals surface area (Å²) in [5, 5.41) is 6.68. The third kappa shape index (κ3) is 4.88. The van der Waals surface area contributed by atoms with E-state index in [1.807, 2.05) is 90.3 Å². The molecule has 5 aromatic rings. The fourth-order valence-corrected chi connectivity index (χ4v) is 6.45. The highest BCUT2D eigenvalue weighted by Crippen LogP contribution is 2.29. The first-order valence-electron chi connectivity index (χ1n) is 13.6. The normalized spacial score (nSPS) is 13.7. The molecule has 1 aliphatic heterocycles. The van der Waals surface area contributed by atoms with Gasteiger partial charge in [0.25, 0.3) is 5.56 Å². The number of benzene rings is 2. The Morgan fingerprint density at radius 2 is 1.68 bits per heavy atom. The Kier molecular flexibility index (Phi) is 7.08. The van der Waals surface area contributed by atoms with Crippen LogP contribution in [0.4, 0.5) is 5.69 Å². The largest absolute Gasteiger partial charge is 0.495 e. The van der Waals surface area contributed by atoms with Gasteiger partial charge < -0.3 is 14.5 Å². The molecule has 210 valence electrons. The first-order valence-corrected chi connectivity index (χ1v) is 14.5. The number of thiazole rings is 1. The van der Waals surface area contributed by atoms with Crippen molar-refractivity contribution >= 4 is 27.9 Å². The van der Waals surface area contributed by atoms with Gasteiger partial charge >= 0.3 is 0 Å². The van der Waals surface area contributed by atoms with Crippen molar-refractivity contribution in [2.45, 2.75) is 27.2 Å². The summed E-state index contributed by atoms with van der Waals surface area (Å²) in [6.07, 6.45) is 0.134. The van der Waals surface area contributed by atoms with Gasteiger partial charge in [-0.2, -0.15) is 5.10 Å². The summed E-state index contributed by atoms with van der Waals surface area (Å²) in [6, 6.07) is 17.9. The molecule has 0 radical (unpaired) electrons. The summed E-state index contributed by atoms with van der Waals surface area (Å²) in [7, 11) is 1.67. The highest BCUT2D eigenvalue weighted by molar-refractivity contribution is 7.15. The van der Waals surface area contributed by atoms with Crippen LogP contribution in [-0.2, 0) is 11.2 Å². The molecule has 0 bridgehead atoms. The summed E-state index contributed by atoms with van der Waals surface area (Å²) >= 11 is 1.38. The molecule has 0 N–H and O–H groups in total. The number of aryl methyl sites for hydroxylation is 3. The van der Waals surface area contributed by atoms with Crippen LogP contribution in [0.25, 0.3) is 21.9 Å². The quantitative estimate of drug-likeness (QED) is 0.301. The molecule has 0 aliphatic carbocycles. The average molecular weight is 569 g/mol. The number of nitrogens with zero attached hydrogens (tertiary/aromatic N) is 6. The second kappa shape index (κ2) is 10.9. The number of carbonyl (C=O) groups excluding carboxylic acids is 1. The minimum Gasteiger partial charge on any atom is -0.495 e. The van der Waals surface area contributed by atoms with Crippen molar-refractivity contribution in [2.75, 3.05) is 38.2 Å². The molecule has 2 aromatic carbocycles. The molecule has 1 fully saturated rings. The number of aromatic nitrogens is 4. The van der Waals surface area contributed by atoms with Crippen LogP contribution in [0.2, 0.25) is 0 Å². The summed E-state index contributed by atoms with van der Waals surface area (Å²) < 4.78 is 8.96. The Labute approximate surface area is 242 Å². The topological polar surface area (TPSA) is 85.0 Å². The molecule has 0 spiro atoms. The Balaban J connectivity index is 1.25. The van der Waals surface area contributed by atoms with E-state index in [0.717, 1.165) is 28.4 Å². The van der Waals surface area contributed by atoms with E-state index < -0.39 is 0 Å². The maximum Gasteiger partial charge on any atom is 0.268 e. The predicted octanol–water partition coefficient (Wildman–Crippen LogP) is 4.43. The first-order chi connectivity index (χ1) is 19.9. The van der Waals surface area contributed by atoms with Crippen LogP contribution in [0.1, 0.15) is 22.6 Å². The fourth-order valence-electron chi connectivity index (χ4n) is 5.52. The van der Waals surface area contributed by atoms with Gasteiger partial charge in [0.2, 0.25) is 5.91 Å². The standard InChI is InChI=1S/C31H32N6O3S/c1-20-9-5-6-10-25(20)37-21(2)17-24(33-37)29-22(3)32-31-36(30(29)39)23(19-41-31)18-28(38)35-15-13-34(14-16-35)26-11-7-8-12-27(26)40-4/h5-12,17,19H,13-16,18H2,1-4H3. The Bertz CT molecular complexity index is 1810. The van der Waals surface area contributed by atoms with Crippen LogP contribution in [-0.4, -0.2) is 63.3 Å².